The summed E-state index contributed by atoms with van der Waals surface area (Å²) in [5.74, 6) is 0.387. The number of nitriles is 1. The summed E-state index contributed by atoms with van der Waals surface area (Å²) in [5.41, 5.74) is 4.08. The highest BCUT2D eigenvalue weighted by Gasteiger charge is 2.33. The zero-order valence-electron chi connectivity index (χ0n) is 20.4. The molecule has 8 heteroatoms. The van der Waals surface area contributed by atoms with Gasteiger partial charge in [-0.2, -0.15) is 5.26 Å². The molecule has 3 aromatic rings. The van der Waals surface area contributed by atoms with Crippen LogP contribution in [0.3, 0.4) is 0 Å². The lowest BCUT2D eigenvalue weighted by Crippen LogP contribution is -2.28. The normalized spacial score (nSPS) is 14.4. The number of carbonyl (C=O) groups is 1. The maximum absolute atomic E-state index is 13.4. The highest BCUT2D eigenvalue weighted by molar-refractivity contribution is 8.26. The van der Waals surface area contributed by atoms with E-state index >= 15 is 0 Å². The van der Waals surface area contributed by atoms with E-state index in [1.54, 1.807) is 22.5 Å². The summed E-state index contributed by atoms with van der Waals surface area (Å²) in [6.07, 6.45) is 1.75. The molecular formula is C28H26N4O2S2. The topological polar surface area (TPSA) is 78.1 Å². The first-order valence-electron chi connectivity index (χ1n) is 11.6. The number of thiocarbonyl (C=S) groups is 1. The number of nitrogens with zero attached hydrogens (tertiary/aromatic N) is 3. The van der Waals surface area contributed by atoms with Crippen molar-refractivity contribution in [2.45, 2.75) is 40.4 Å². The molecule has 0 radical (unpaired) electrons. The number of benzene rings is 2. The van der Waals surface area contributed by atoms with Gasteiger partial charge in [0.15, 0.2) is 0 Å². The third kappa shape index (κ3) is 5.13. The Morgan fingerprint density at radius 2 is 1.75 bits per heavy atom. The molecule has 4 rings (SSSR count). The number of nitrogens with one attached hydrogen (secondary N) is 1. The van der Waals surface area contributed by atoms with Crippen LogP contribution in [-0.4, -0.2) is 19.7 Å². The number of anilines is 1. The van der Waals surface area contributed by atoms with Crippen molar-refractivity contribution in [1.82, 2.24) is 9.47 Å². The minimum absolute atomic E-state index is 0.0727. The molecule has 0 saturated carbocycles. The maximum atomic E-state index is 13.4. The van der Waals surface area contributed by atoms with Gasteiger partial charge >= 0.3 is 0 Å². The zero-order valence-corrected chi connectivity index (χ0v) is 22.0. The molecule has 1 N–H and O–H groups in total. The van der Waals surface area contributed by atoms with Crippen molar-refractivity contribution in [1.29, 1.82) is 5.26 Å². The van der Waals surface area contributed by atoms with Crippen LogP contribution >= 0.6 is 24.0 Å². The van der Waals surface area contributed by atoms with E-state index < -0.39 is 0 Å². The summed E-state index contributed by atoms with van der Waals surface area (Å²) in [7, 11) is 0. The van der Waals surface area contributed by atoms with Gasteiger partial charge in [-0.1, -0.05) is 84.1 Å². The fourth-order valence-electron chi connectivity index (χ4n) is 4.08. The van der Waals surface area contributed by atoms with Gasteiger partial charge in [-0.3, -0.25) is 19.1 Å². The van der Waals surface area contributed by atoms with Crippen LogP contribution in [0.2, 0.25) is 0 Å². The van der Waals surface area contributed by atoms with E-state index in [2.05, 4.69) is 11.4 Å². The van der Waals surface area contributed by atoms with E-state index in [4.69, 9.17) is 12.2 Å². The van der Waals surface area contributed by atoms with Crippen LogP contribution in [0.5, 0.6) is 0 Å². The van der Waals surface area contributed by atoms with Crippen molar-refractivity contribution < 1.29 is 4.79 Å². The number of hydrogen-bond acceptors (Lipinski definition) is 6. The molecule has 2 aromatic carbocycles. The van der Waals surface area contributed by atoms with E-state index in [9.17, 15) is 14.9 Å². The van der Waals surface area contributed by atoms with Gasteiger partial charge in [-0.25, -0.2) is 0 Å². The average Bonchev–Trinajstić information content (AvgIpc) is 3.14. The van der Waals surface area contributed by atoms with Gasteiger partial charge in [0.25, 0.3) is 11.5 Å². The quantitative estimate of drug-likeness (QED) is 0.337. The SMILES string of the molecule is CCn1c(NCc2ccccc2)c(/C=C2/SC(=S)N(Cc3ccc(C)cc3)C2=O)c(C)c(C#N)c1=O. The summed E-state index contributed by atoms with van der Waals surface area (Å²) in [5, 5.41) is 13.1. The van der Waals surface area contributed by atoms with Crippen molar-refractivity contribution >= 4 is 46.1 Å². The van der Waals surface area contributed by atoms with Gasteiger partial charge in [-0.15, -0.1) is 0 Å². The second-order valence-electron chi connectivity index (χ2n) is 8.52. The molecule has 1 aliphatic heterocycles. The van der Waals surface area contributed by atoms with Crippen LogP contribution in [0, 0.1) is 25.2 Å². The van der Waals surface area contributed by atoms with Crippen molar-refractivity contribution in [3.63, 3.8) is 0 Å². The minimum atomic E-state index is -0.350. The molecule has 6 nitrogen and oxygen atoms in total. The molecule has 36 heavy (non-hydrogen) atoms. The highest BCUT2D eigenvalue weighted by atomic mass is 32.2. The van der Waals surface area contributed by atoms with Crippen LogP contribution in [-0.2, 0) is 24.4 Å². The molecule has 0 atom stereocenters. The largest absolute Gasteiger partial charge is 0.367 e. The molecule has 1 saturated heterocycles. The Labute approximate surface area is 220 Å². The first-order valence-corrected chi connectivity index (χ1v) is 12.8. The Bertz CT molecular complexity index is 1450. The summed E-state index contributed by atoms with van der Waals surface area (Å²) in [6, 6.07) is 19.9. The van der Waals surface area contributed by atoms with Gasteiger partial charge in [0.1, 0.15) is 21.8 Å². The van der Waals surface area contributed by atoms with Gasteiger partial charge < -0.3 is 5.32 Å². The van der Waals surface area contributed by atoms with Crippen molar-refractivity contribution in [3.8, 4) is 6.07 Å². The molecule has 182 valence electrons. The van der Waals surface area contributed by atoms with Gasteiger partial charge in [0, 0.05) is 18.7 Å². The minimum Gasteiger partial charge on any atom is -0.367 e. The Morgan fingerprint density at radius 3 is 2.39 bits per heavy atom. The Kier molecular flexibility index (Phi) is 7.73. The smallest absolute Gasteiger partial charge is 0.270 e. The standard InChI is InChI=1S/C28H26N4O2S2/c1-4-31-25(30-16-20-8-6-5-7-9-20)22(19(3)23(15-29)26(31)33)14-24-27(34)32(28(35)36-24)17-21-12-10-18(2)11-13-21/h5-14,30H,4,16-17H2,1-3H3/b24-14+. The fraction of sp³-hybridized carbons (Fsp3) is 0.214. The zero-order chi connectivity index (χ0) is 25.8. The predicted octanol–water partition coefficient (Wildman–Crippen LogP) is 5.37. The molecule has 0 aliphatic carbocycles. The van der Waals surface area contributed by atoms with Crippen LogP contribution in [0.1, 0.15) is 40.3 Å². The molecule has 0 unspecified atom stereocenters. The van der Waals surface area contributed by atoms with E-state index in [-0.39, 0.29) is 17.0 Å². The number of pyridine rings is 1. The van der Waals surface area contributed by atoms with E-state index in [0.29, 0.717) is 45.8 Å². The molecule has 2 heterocycles. The Hall–Kier alpha value is -3.67. The lowest BCUT2D eigenvalue weighted by Gasteiger charge is -2.19. The van der Waals surface area contributed by atoms with Crippen molar-refractivity contribution in [2.75, 3.05) is 5.32 Å². The van der Waals surface area contributed by atoms with E-state index in [1.807, 2.05) is 68.4 Å². The Morgan fingerprint density at radius 1 is 1.06 bits per heavy atom. The molecule has 1 amide bonds. The van der Waals surface area contributed by atoms with Gasteiger partial charge in [-0.05, 0) is 43.5 Å². The second-order valence-corrected chi connectivity index (χ2v) is 10.2. The summed E-state index contributed by atoms with van der Waals surface area (Å²) in [6.45, 7) is 6.87. The molecule has 1 aromatic heterocycles. The number of amides is 1. The van der Waals surface area contributed by atoms with E-state index in [1.165, 1.54) is 11.8 Å². The molecular weight excluding hydrogens is 488 g/mol. The van der Waals surface area contributed by atoms with Gasteiger partial charge in [0.2, 0.25) is 0 Å². The predicted molar refractivity (Wildman–Crippen MR) is 149 cm³/mol. The molecule has 1 fully saturated rings. The molecule has 1 aliphatic rings. The third-order valence-electron chi connectivity index (χ3n) is 6.10. The van der Waals surface area contributed by atoms with E-state index in [0.717, 1.165) is 16.7 Å². The lowest BCUT2D eigenvalue weighted by molar-refractivity contribution is -0.122. The van der Waals surface area contributed by atoms with Crippen LogP contribution < -0.4 is 10.9 Å². The maximum Gasteiger partial charge on any atom is 0.270 e. The van der Waals surface area contributed by atoms with Crippen molar-refractivity contribution in [3.05, 3.63) is 103 Å². The number of hydrogen-bond donors (Lipinski definition) is 1. The molecule has 0 bridgehead atoms. The number of thioether (sulfide) groups is 1. The van der Waals surface area contributed by atoms with Gasteiger partial charge in [0.05, 0.1) is 11.4 Å². The van der Waals surface area contributed by atoms with Crippen LogP contribution in [0.4, 0.5) is 5.82 Å². The third-order valence-corrected chi connectivity index (χ3v) is 7.48. The lowest BCUT2D eigenvalue weighted by atomic mass is 10.0. The van der Waals surface area contributed by atoms with Crippen LogP contribution in [0.25, 0.3) is 6.08 Å². The first kappa shape index (κ1) is 25.4. The fourth-order valence-corrected chi connectivity index (χ4v) is 5.32. The number of aromatic nitrogens is 1. The highest BCUT2D eigenvalue weighted by Crippen LogP contribution is 2.36. The Balaban J connectivity index is 1.75. The second kappa shape index (κ2) is 10.9. The summed E-state index contributed by atoms with van der Waals surface area (Å²) in [4.78, 5) is 28.5. The number of rotatable bonds is 7. The van der Waals surface area contributed by atoms with Crippen LogP contribution in [0.15, 0.2) is 64.3 Å². The first-order chi connectivity index (χ1) is 17.3. The summed E-state index contributed by atoms with van der Waals surface area (Å²) < 4.78 is 2.03. The number of aryl methyl sites for hydroxylation is 1. The number of carbonyl (C=O) groups excluding carboxylic acids is 1. The monoisotopic (exact) mass is 514 g/mol. The van der Waals surface area contributed by atoms with Crippen molar-refractivity contribution in [2.24, 2.45) is 0 Å². The molecule has 0 spiro atoms. The average molecular weight is 515 g/mol. The summed E-state index contributed by atoms with van der Waals surface area (Å²) >= 11 is 6.77.